The van der Waals surface area contributed by atoms with E-state index in [-0.39, 0.29) is 16.9 Å². The van der Waals surface area contributed by atoms with Crippen molar-refractivity contribution in [3.05, 3.63) is 28.8 Å². The zero-order valence-corrected chi connectivity index (χ0v) is 7.24. The minimum absolute atomic E-state index is 0.0463. The van der Waals surface area contributed by atoms with Gasteiger partial charge in [-0.1, -0.05) is 0 Å². The number of halogens is 3. The molecule has 0 aliphatic carbocycles. The van der Waals surface area contributed by atoms with Crippen molar-refractivity contribution in [3.63, 3.8) is 0 Å². The number of hydrogen-bond donors (Lipinski definition) is 1. The predicted molar refractivity (Wildman–Crippen MR) is 42.6 cm³/mol. The molecular formula is C9H9F3O. The van der Waals surface area contributed by atoms with Gasteiger partial charge in [0.05, 0.1) is 5.56 Å². The van der Waals surface area contributed by atoms with Crippen molar-refractivity contribution < 1.29 is 18.3 Å². The molecule has 1 aromatic rings. The standard InChI is InChI=1S/C9H9F3O/c1-5-3-7(13)4-6(2)8(5)9(10,11)12/h3-4,13H,1-2H3. The van der Waals surface area contributed by atoms with Crippen LogP contribution in [0.1, 0.15) is 16.7 Å². The summed E-state index contributed by atoms with van der Waals surface area (Å²) in [6.07, 6.45) is -4.35. The molecule has 0 aromatic heterocycles. The highest BCUT2D eigenvalue weighted by Crippen LogP contribution is 2.35. The number of benzene rings is 1. The van der Waals surface area contributed by atoms with Crippen molar-refractivity contribution in [3.8, 4) is 5.75 Å². The van der Waals surface area contributed by atoms with E-state index < -0.39 is 11.7 Å². The zero-order valence-electron chi connectivity index (χ0n) is 7.24. The molecule has 1 N–H and O–H groups in total. The third kappa shape index (κ3) is 1.94. The summed E-state index contributed by atoms with van der Waals surface area (Å²) in [5.74, 6) is -0.136. The Morgan fingerprint density at radius 3 is 1.77 bits per heavy atom. The second-order valence-electron chi connectivity index (χ2n) is 2.95. The fourth-order valence-corrected chi connectivity index (χ4v) is 1.39. The molecule has 0 unspecified atom stereocenters. The smallest absolute Gasteiger partial charge is 0.416 e. The van der Waals surface area contributed by atoms with E-state index in [1.807, 2.05) is 0 Å². The molecule has 0 saturated carbocycles. The van der Waals surface area contributed by atoms with Crippen molar-refractivity contribution in [2.75, 3.05) is 0 Å². The summed E-state index contributed by atoms with van der Waals surface area (Å²) in [6, 6.07) is 2.21. The number of alkyl halides is 3. The molecule has 0 aliphatic heterocycles. The van der Waals surface area contributed by atoms with Gasteiger partial charge in [0, 0.05) is 0 Å². The van der Waals surface area contributed by atoms with Crippen LogP contribution in [0.4, 0.5) is 13.2 Å². The first-order valence-electron chi connectivity index (χ1n) is 3.70. The fourth-order valence-electron chi connectivity index (χ4n) is 1.39. The van der Waals surface area contributed by atoms with E-state index in [0.717, 1.165) is 12.1 Å². The van der Waals surface area contributed by atoms with E-state index >= 15 is 0 Å². The lowest BCUT2D eigenvalue weighted by Crippen LogP contribution is -2.09. The average Bonchev–Trinajstić information content (AvgIpc) is 1.78. The largest absolute Gasteiger partial charge is 0.508 e. The summed E-state index contributed by atoms with van der Waals surface area (Å²) in [7, 11) is 0. The van der Waals surface area contributed by atoms with Crippen LogP contribution >= 0.6 is 0 Å². The van der Waals surface area contributed by atoms with E-state index in [4.69, 9.17) is 5.11 Å². The van der Waals surface area contributed by atoms with Gasteiger partial charge in [-0.2, -0.15) is 13.2 Å². The summed E-state index contributed by atoms with van der Waals surface area (Å²) >= 11 is 0. The second kappa shape index (κ2) is 2.94. The Morgan fingerprint density at radius 2 is 1.46 bits per heavy atom. The lowest BCUT2D eigenvalue weighted by Gasteiger charge is -2.13. The molecular weight excluding hydrogens is 181 g/mol. The maximum Gasteiger partial charge on any atom is 0.416 e. The quantitative estimate of drug-likeness (QED) is 0.666. The number of aryl methyl sites for hydroxylation is 2. The van der Waals surface area contributed by atoms with Gasteiger partial charge in [0.15, 0.2) is 0 Å². The van der Waals surface area contributed by atoms with Gasteiger partial charge in [-0.15, -0.1) is 0 Å². The van der Waals surface area contributed by atoms with Gasteiger partial charge in [-0.25, -0.2) is 0 Å². The average molecular weight is 190 g/mol. The Kier molecular flexibility index (Phi) is 2.24. The Labute approximate surface area is 73.8 Å². The third-order valence-corrected chi connectivity index (χ3v) is 1.80. The molecule has 0 aliphatic rings. The van der Waals surface area contributed by atoms with Crippen molar-refractivity contribution in [2.24, 2.45) is 0 Å². The first kappa shape index (κ1) is 9.89. The predicted octanol–water partition coefficient (Wildman–Crippen LogP) is 3.03. The van der Waals surface area contributed by atoms with Crippen LogP contribution in [0.15, 0.2) is 12.1 Å². The fraction of sp³-hybridized carbons (Fsp3) is 0.333. The SMILES string of the molecule is Cc1cc(O)cc(C)c1C(F)(F)F. The van der Waals surface area contributed by atoms with Crippen LogP contribution in [0.25, 0.3) is 0 Å². The zero-order chi connectivity index (χ0) is 10.2. The molecule has 0 atom stereocenters. The lowest BCUT2D eigenvalue weighted by molar-refractivity contribution is -0.138. The Balaban J connectivity index is 3.38. The van der Waals surface area contributed by atoms with Gasteiger partial charge >= 0.3 is 6.18 Å². The number of hydrogen-bond acceptors (Lipinski definition) is 1. The highest BCUT2D eigenvalue weighted by atomic mass is 19.4. The van der Waals surface area contributed by atoms with E-state index in [9.17, 15) is 13.2 Å². The Hall–Kier alpha value is -1.19. The van der Waals surface area contributed by atoms with Crippen LogP contribution in [0.3, 0.4) is 0 Å². The Bertz CT molecular complexity index is 305. The van der Waals surface area contributed by atoms with Crippen molar-refractivity contribution in [1.82, 2.24) is 0 Å². The molecule has 0 heterocycles. The van der Waals surface area contributed by atoms with Crippen molar-refractivity contribution in [2.45, 2.75) is 20.0 Å². The highest BCUT2D eigenvalue weighted by Gasteiger charge is 2.34. The normalized spacial score (nSPS) is 11.8. The maximum atomic E-state index is 12.4. The van der Waals surface area contributed by atoms with Crippen LogP contribution in [0, 0.1) is 13.8 Å². The van der Waals surface area contributed by atoms with E-state index in [1.165, 1.54) is 13.8 Å². The van der Waals surface area contributed by atoms with E-state index in [1.54, 1.807) is 0 Å². The van der Waals surface area contributed by atoms with Gasteiger partial charge < -0.3 is 5.11 Å². The van der Waals surface area contributed by atoms with Crippen LogP contribution in [0.2, 0.25) is 0 Å². The van der Waals surface area contributed by atoms with Crippen LogP contribution in [-0.2, 0) is 6.18 Å². The number of phenolic OH excluding ortho intramolecular Hbond substituents is 1. The number of aromatic hydroxyl groups is 1. The van der Waals surface area contributed by atoms with Gasteiger partial charge in [0.2, 0.25) is 0 Å². The third-order valence-electron chi connectivity index (χ3n) is 1.80. The molecule has 0 fully saturated rings. The molecule has 0 bridgehead atoms. The molecule has 0 radical (unpaired) electrons. The molecule has 1 rings (SSSR count). The molecule has 1 nitrogen and oxygen atoms in total. The van der Waals surface area contributed by atoms with Gasteiger partial charge in [0.25, 0.3) is 0 Å². The van der Waals surface area contributed by atoms with E-state index in [2.05, 4.69) is 0 Å². The van der Waals surface area contributed by atoms with Gasteiger partial charge in [0.1, 0.15) is 5.75 Å². The molecule has 0 amide bonds. The molecule has 13 heavy (non-hydrogen) atoms. The number of rotatable bonds is 0. The summed E-state index contributed by atoms with van der Waals surface area (Å²) in [4.78, 5) is 0. The van der Waals surface area contributed by atoms with Crippen molar-refractivity contribution in [1.29, 1.82) is 0 Å². The molecule has 0 spiro atoms. The first-order valence-corrected chi connectivity index (χ1v) is 3.70. The molecule has 72 valence electrons. The second-order valence-corrected chi connectivity index (χ2v) is 2.95. The topological polar surface area (TPSA) is 20.2 Å². The summed E-state index contributed by atoms with van der Waals surface area (Å²) in [5, 5.41) is 9.02. The number of phenols is 1. The monoisotopic (exact) mass is 190 g/mol. The minimum Gasteiger partial charge on any atom is -0.508 e. The molecule has 1 aromatic carbocycles. The highest BCUT2D eigenvalue weighted by molar-refractivity contribution is 5.41. The summed E-state index contributed by atoms with van der Waals surface area (Å²) in [6.45, 7) is 2.66. The molecule has 0 saturated heterocycles. The van der Waals surface area contributed by atoms with Crippen LogP contribution in [0.5, 0.6) is 5.75 Å². The summed E-state index contributed by atoms with van der Waals surface area (Å²) < 4.78 is 37.1. The van der Waals surface area contributed by atoms with E-state index in [0.29, 0.717) is 0 Å². The summed E-state index contributed by atoms with van der Waals surface area (Å²) in [5.41, 5.74) is -0.569. The first-order chi connectivity index (χ1) is 5.82. The van der Waals surface area contributed by atoms with Crippen LogP contribution < -0.4 is 0 Å². The molecule has 4 heteroatoms. The lowest BCUT2D eigenvalue weighted by atomic mass is 10.0. The van der Waals surface area contributed by atoms with Crippen LogP contribution in [-0.4, -0.2) is 5.11 Å². The van der Waals surface area contributed by atoms with Gasteiger partial charge in [-0.05, 0) is 37.1 Å². The minimum atomic E-state index is -4.35. The van der Waals surface area contributed by atoms with Crippen molar-refractivity contribution >= 4 is 0 Å². The van der Waals surface area contributed by atoms with Gasteiger partial charge in [-0.3, -0.25) is 0 Å². The Morgan fingerprint density at radius 1 is 1.08 bits per heavy atom. The maximum absolute atomic E-state index is 12.4.